The van der Waals surface area contributed by atoms with Gasteiger partial charge >= 0.3 is 0 Å². The average Bonchev–Trinajstić information content (AvgIpc) is 2.86. The first-order valence-electron chi connectivity index (χ1n) is 5.19. The highest BCUT2D eigenvalue weighted by molar-refractivity contribution is 5.82. The highest BCUT2D eigenvalue weighted by atomic mass is 19.1. The van der Waals surface area contributed by atoms with Gasteiger partial charge in [-0.25, -0.2) is 14.1 Å². The minimum atomic E-state index is -0.254. The molecule has 0 spiro atoms. The van der Waals surface area contributed by atoms with Gasteiger partial charge in [-0.2, -0.15) is 5.10 Å². The lowest BCUT2D eigenvalue weighted by atomic mass is 10.1. The molecule has 0 saturated carbocycles. The third-order valence-corrected chi connectivity index (χ3v) is 2.60. The van der Waals surface area contributed by atoms with Gasteiger partial charge in [-0.3, -0.25) is 4.98 Å². The van der Waals surface area contributed by atoms with E-state index in [1.54, 1.807) is 35.4 Å². The van der Waals surface area contributed by atoms with Crippen molar-refractivity contribution in [2.75, 3.05) is 0 Å². The van der Waals surface area contributed by atoms with Gasteiger partial charge in [-0.05, 0) is 18.2 Å². The number of fused-ring (bicyclic) bond motifs is 1. The van der Waals surface area contributed by atoms with Crippen molar-refractivity contribution in [2.45, 2.75) is 6.54 Å². The quantitative estimate of drug-likeness (QED) is 0.674. The summed E-state index contributed by atoms with van der Waals surface area (Å²) in [5.74, 6) is -0.254. The van der Waals surface area contributed by atoms with Crippen LogP contribution in [0.4, 0.5) is 4.39 Å². The Bertz CT molecular complexity index is 649. The van der Waals surface area contributed by atoms with Crippen molar-refractivity contribution in [3.8, 4) is 0 Å². The molecule has 0 N–H and O–H groups in total. The van der Waals surface area contributed by atoms with E-state index >= 15 is 0 Å². The zero-order chi connectivity index (χ0) is 11.7. The predicted molar refractivity (Wildman–Crippen MR) is 60.8 cm³/mol. The monoisotopic (exact) mass is 228 g/mol. The molecule has 0 aliphatic carbocycles. The van der Waals surface area contributed by atoms with Gasteiger partial charge in [0.15, 0.2) is 0 Å². The topological polar surface area (TPSA) is 43.6 Å². The molecule has 5 heteroatoms. The molecule has 0 aliphatic rings. The van der Waals surface area contributed by atoms with Crippen molar-refractivity contribution in [1.82, 2.24) is 19.7 Å². The van der Waals surface area contributed by atoms with Gasteiger partial charge in [0.1, 0.15) is 18.5 Å². The third-order valence-electron chi connectivity index (χ3n) is 2.60. The molecule has 0 bridgehead atoms. The van der Waals surface area contributed by atoms with Gasteiger partial charge in [0.25, 0.3) is 0 Å². The van der Waals surface area contributed by atoms with E-state index in [4.69, 9.17) is 0 Å². The van der Waals surface area contributed by atoms with Gasteiger partial charge in [-0.15, -0.1) is 0 Å². The first-order valence-corrected chi connectivity index (χ1v) is 5.19. The van der Waals surface area contributed by atoms with Crippen LogP contribution in [0, 0.1) is 5.82 Å². The fourth-order valence-electron chi connectivity index (χ4n) is 1.81. The number of pyridine rings is 1. The standard InChI is InChI=1S/C12H9FN4/c13-11-4-3-9(6-17-8-14-7-16-17)12-10(11)2-1-5-15-12/h1-5,7-8H,6H2. The van der Waals surface area contributed by atoms with Crippen molar-refractivity contribution in [3.05, 3.63) is 54.5 Å². The molecule has 0 atom stereocenters. The fraction of sp³-hybridized carbons (Fsp3) is 0.0833. The maximum Gasteiger partial charge on any atom is 0.137 e. The number of nitrogens with zero attached hydrogens (tertiary/aromatic N) is 4. The van der Waals surface area contributed by atoms with E-state index in [-0.39, 0.29) is 5.82 Å². The van der Waals surface area contributed by atoms with Crippen LogP contribution in [0.5, 0.6) is 0 Å². The van der Waals surface area contributed by atoms with Crippen LogP contribution >= 0.6 is 0 Å². The Morgan fingerprint density at radius 3 is 3.00 bits per heavy atom. The van der Waals surface area contributed by atoms with Crippen LogP contribution in [0.2, 0.25) is 0 Å². The molecule has 2 heterocycles. The minimum absolute atomic E-state index is 0.254. The van der Waals surface area contributed by atoms with E-state index in [0.717, 1.165) is 5.56 Å². The summed E-state index contributed by atoms with van der Waals surface area (Å²) in [6, 6.07) is 6.63. The number of halogens is 1. The highest BCUT2D eigenvalue weighted by Gasteiger charge is 2.07. The summed E-state index contributed by atoms with van der Waals surface area (Å²) < 4.78 is 15.3. The molecule has 4 nitrogen and oxygen atoms in total. The molecule has 0 fully saturated rings. The molecule has 3 aromatic rings. The lowest BCUT2D eigenvalue weighted by Gasteiger charge is -2.06. The summed E-state index contributed by atoms with van der Waals surface area (Å²) in [6.07, 6.45) is 4.75. The molecule has 0 amide bonds. The van der Waals surface area contributed by atoms with Crippen LogP contribution in [-0.4, -0.2) is 19.7 Å². The van der Waals surface area contributed by atoms with Crippen LogP contribution in [0.1, 0.15) is 5.56 Å². The zero-order valence-corrected chi connectivity index (χ0v) is 8.92. The third kappa shape index (κ3) is 1.75. The molecule has 3 rings (SSSR count). The Labute approximate surface area is 96.7 Å². The average molecular weight is 228 g/mol. The van der Waals surface area contributed by atoms with Crippen molar-refractivity contribution in [3.63, 3.8) is 0 Å². The number of aromatic nitrogens is 4. The largest absolute Gasteiger partial charge is 0.256 e. The summed E-state index contributed by atoms with van der Waals surface area (Å²) in [4.78, 5) is 8.09. The van der Waals surface area contributed by atoms with E-state index < -0.39 is 0 Å². The van der Waals surface area contributed by atoms with Gasteiger partial charge in [-0.1, -0.05) is 6.07 Å². The Hall–Kier alpha value is -2.30. The second-order valence-electron chi connectivity index (χ2n) is 3.70. The molecule has 1 aromatic carbocycles. The SMILES string of the molecule is Fc1ccc(Cn2cncn2)c2ncccc12. The second-order valence-corrected chi connectivity index (χ2v) is 3.70. The van der Waals surface area contributed by atoms with Gasteiger partial charge < -0.3 is 0 Å². The predicted octanol–water partition coefficient (Wildman–Crippen LogP) is 2.01. The Morgan fingerprint density at radius 1 is 1.24 bits per heavy atom. The van der Waals surface area contributed by atoms with Gasteiger partial charge in [0.2, 0.25) is 0 Å². The molecule has 0 aliphatic heterocycles. The maximum absolute atomic E-state index is 13.6. The van der Waals surface area contributed by atoms with E-state index in [1.165, 1.54) is 12.4 Å². The Kier molecular flexibility index (Phi) is 2.29. The molecular formula is C12H9FN4. The second kappa shape index (κ2) is 3.93. The minimum Gasteiger partial charge on any atom is -0.256 e. The zero-order valence-electron chi connectivity index (χ0n) is 8.92. The molecule has 0 saturated heterocycles. The number of rotatable bonds is 2. The van der Waals surface area contributed by atoms with E-state index in [1.807, 2.05) is 0 Å². The lowest BCUT2D eigenvalue weighted by Crippen LogP contribution is -2.02. The van der Waals surface area contributed by atoms with Gasteiger partial charge in [0.05, 0.1) is 12.1 Å². The van der Waals surface area contributed by atoms with E-state index in [2.05, 4.69) is 15.1 Å². The number of hydrogen-bond donors (Lipinski definition) is 0. The molecular weight excluding hydrogens is 219 g/mol. The molecule has 17 heavy (non-hydrogen) atoms. The van der Waals surface area contributed by atoms with Crippen LogP contribution in [-0.2, 0) is 6.54 Å². The van der Waals surface area contributed by atoms with Crippen molar-refractivity contribution in [2.24, 2.45) is 0 Å². The summed E-state index contributed by atoms with van der Waals surface area (Å²) in [7, 11) is 0. The maximum atomic E-state index is 13.6. The van der Waals surface area contributed by atoms with Crippen molar-refractivity contribution < 1.29 is 4.39 Å². The summed E-state index contributed by atoms with van der Waals surface area (Å²) in [5, 5.41) is 4.56. The fourth-order valence-corrected chi connectivity index (χ4v) is 1.81. The first-order chi connectivity index (χ1) is 8.34. The van der Waals surface area contributed by atoms with Crippen LogP contribution in [0.15, 0.2) is 43.1 Å². The van der Waals surface area contributed by atoms with Crippen LogP contribution in [0.25, 0.3) is 10.9 Å². The summed E-state index contributed by atoms with van der Waals surface area (Å²) in [6.45, 7) is 0.536. The normalized spacial score (nSPS) is 10.9. The van der Waals surface area contributed by atoms with Crippen molar-refractivity contribution in [1.29, 1.82) is 0 Å². The smallest absolute Gasteiger partial charge is 0.137 e. The molecule has 0 radical (unpaired) electrons. The molecule has 0 unspecified atom stereocenters. The lowest BCUT2D eigenvalue weighted by molar-refractivity contribution is 0.637. The Morgan fingerprint density at radius 2 is 2.18 bits per heavy atom. The summed E-state index contributed by atoms with van der Waals surface area (Å²) in [5.41, 5.74) is 1.59. The summed E-state index contributed by atoms with van der Waals surface area (Å²) >= 11 is 0. The Balaban J connectivity index is 2.14. The number of benzene rings is 1. The number of hydrogen-bond acceptors (Lipinski definition) is 3. The van der Waals surface area contributed by atoms with Crippen LogP contribution in [0.3, 0.4) is 0 Å². The van der Waals surface area contributed by atoms with Crippen molar-refractivity contribution >= 4 is 10.9 Å². The molecule has 84 valence electrons. The first kappa shape index (κ1) is 9.89. The van der Waals surface area contributed by atoms with E-state index in [9.17, 15) is 4.39 Å². The van der Waals surface area contributed by atoms with E-state index in [0.29, 0.717) is 17.4 Å². The highest BCUT2D eigenvalue weighted by Crippen LogP contribution is 2.20. The van der Waals surface area contributed by atoms with Crippen LogP contribution < -0.4 is 0 Å². The van der Waals surface area contributed by atoms with Gasteiger partial charge in [0, 0.05) is 17.1 Å². The molecule has 2 aromatic heterocycles.